The van der Waals surface area contributed by atoms with Crippen molar-refractivity contribution in [2.24, 2.45) is 5.41 Å². The Hall–Kier alpha value is -0.120. The maximum atomic E-state index is 6.02. The maximum absolute atomic E-state index is 6.02. The molecule has 2 atom stereocenters. The summed E-state index contributed by atoms with van der Waals surface area (Å²) in [5.74, 6) is 0. The van der Waals surface area contributed by atoms with Gasteiger partial charge in [0.25, 0.3) is 0 Å². The molecule has 1 aliphatic heterocycles. The summed E-state index contributed by atoms with van der Waals surface area (Å²) in [6.07, 6.45) is 10.3. The van der Waals surface area contributed by atoms with Crippen LogP contribution in [0.4, 0.5) is 0 Å². The summed E-state index contributed by atoms with van der Waals surface area (Å²) in [7, 11) is 1.76. The molecular formula is C15H29NO2. The zero-order chi connectivity index (χ0) is 12.8. The average Bonchev–Trinajstić information content (AvgIpc) is 2.96. The van der Waals surface area contributed by atoms with E-state index in [0.29, 0.717) is 17.6 Å². The molecule has 1 saturated heterocycles. The first-order valence-electron chi connectivity index (χ1n) is 7.59. The van der Waals surface area contributed by atoms with Crippen molar-refractivity contribution in [1.82, 2.24) is 5.32 Å². The van der Waals surface area contributed by atoms with Crippen LogP contribution >= 0.6 is 0 Å². The largest absolute Gasteiger partial charge is 0.383 e. The van der Waals surface area contributed by atoms with Crippen molar-refractivity contribution < 1.29 is 9.47 Å². The fraction of sp³-hybridized carbons (Fsp3) is 1.00. The van der Waals surface area contributed by atoms with Crippen LogP contribution in [0.2, 0.25) is 0 Å². The lowest BCUT2D eigenvalue weighted by atomic mass is 9.80. The molecule has 0 aromatic carbocycles. The quantitative estimate of drug-likeness (QED) is 0.710. The van der Waals surface area contributed by atoms with Crippen LogP contribution < -0.4 is 5.32 Å². The minimum atomic E-state index is 0.481. The Morgan fingerprint density at radius 3 is 2.67 bits per heavy atom. The molecule has 2 aliphatic rings. The second-order valence-corrected chi connectivity index (χ2v) is 6.23. The van der Waals surface area contributed by atoms with Gasteiger partial charge in [0.15, 0.2) is 0 Å². The minimum absolute atomic E-state index is 0.481. The Morgan fingerprint density at radius 2 is 2.06 bits per heavy atom. The Bertz CT molecular complexity index is 239. The van der Waals surface area contributed by atoms with Crippen LogP contribution in [0.15, 0.2) is 0 Å². The molecule has 2 fully saturated rings. The van der Waals surface area contributed by atoms with E-state index in [1.807, 2.05) is 0 Å². The average molecular weight is 255 g/mol. The van der Waals surface area contributed by atoms with Crippen LogP contribution in [0.5, 0.6) is 0 Å². The fourth-order valence-electron chi connectivity index (χ4n) is 3.62. The van der Waals surface area contributed by atoms with Gasteiger partial charge in [-0.1, -0.05) is 12.8 Å². The third-order valence-electron chi connectivity index (χ3n) is 4.63. The van der Waals surface area contributed by atoms with E-state index >= 15 is 0 Å². The number of ether oxygens (including phenoxy) is 2. The third kappa shape index (κ3) is 3.94. The van der Waals surface area contributed by atoms with Crippen LogP contribution in [0.3, 0.4) is 0 Å². The Morgan fingerprint density at radius 1 is 1.28 bits per heavy atom. The molecule has 2 rings (SSSR count). The molecule has 3 heteroatoms. The predicted octanol–water partition coefficient (Wildman–Crippen LogP) is 2.74. The van der Waals surface area contributed by atoms with Gasteiger partial charge in [-0.05, 0) is 44.4 Å². The van der Waals surface area contributed by atoms with Gasteiger partial charge in [-0.15, -0.1) is 0 Å². The topological polar surface area (TPSA) is 30.5 Å². The van der Waals surface area contributed by atoms with Crippen LogP contribution in [-0.4, -0.2) is 39.0 Å². The van der Waals surface area contributed by atoms with Crippen molar-refractivity contribution >= 4 is 0 Å². The second kappa shape index (κ2) is 6.88. The molecule has 3 nitrogen and oxygen atoms in total. The molecule has 0 aromatic rings. The molecule has 18 heavy (non-hydrogen) atoms. The highest BCUT2D eigenvalue weighted by atomic mass is 16.5. The van der Waals surface area contributed by atoms with Gasteiger partial charge >= 0.3 is 0 Å². The van der Waals surface area contributed by atoms with Gasteiger partial charge in [0.1, 0.15) is 0 Å². The predicted molar refractivity (Wildman–Crippen MR) is 73.8 cm³/mol. The van der Waals surface area contributed by atoms with E-state index < -0.39 is 0 Å². The summed E-state index contributed by atoms with van der Waals surface area (Å²) in [4.78, 5) is 0. The molecule has 1 saturated carbocycles. The van der Waals surface area contributed by atoms with Crippen LogP contribution in [0.1, 0.15) is 51.9 Å². The number of hydrogen-bond acceptors (Lipinski definition) is 3. The standard InChI is InChI=1S/C15H29NO2/c1-13-5-6-14(18-13)11-15(7-3-4-8-15)12-16-9-10-17-2/h13-14,16H,3-12H2,1-2H3. The molecule has 1 heterocycles. The molecule has 1 aliphatic carbocycles. The smallest absolute Gasteiger partial charge is 0.0587 e. The van der Waals surface area contributed by atoms with Crippen LogP contribution in [0.25, 0.3) is 0 Å². The highest BCUT2D eigenvalue weighted by Gasteiger charge is 2.37. The molecule has 0 bridgehead atoms. The van der Waals surface area contributed by atoms with Gasteiger partial charge in [-0.25, -0.2) is 0 Å². The van der Waals surface area contributed by atoms with Gasteiger partial charge in [-0.2, -0.15) is 0 Å². The van der Waals surface area contributed by atoms with Crippen molar-refractivity contribution in [3.05, 3.63) is 0 Å². The van der Waals surface area contributed by atoms with Crippen molar-refractivity contribution in [3.63, 3.8) is 0 Å². The van der Waals surface area contributed by atoms with Crippen molar-refractivity contribution in [2.75, 3.05) is 26.8 Å². The fourth-order valence-corrected chi connectivity index (χ4v) is 3.62. The van der Waals surface area contributed by atoms with Gasteiger partial charge in [0, 0.05) is 20.2 Å². The first-order chi connectivity index (χ1) is 8.74. The SMILES string of the molecule is COCCNCC1(CC2CCC(C)O2)CCCC1. The van der Waals surface area contributed by atoms with Crippen LogP contribution in [-0.2, 0) is 9.47 Å². The maximum Gasteiger partial charge on any atom is 0.0587 e. The van der Waals surface area contributed by atoms with E-state index in [1.54, 1.807) is 7.11 Å². The normalized spacial score (nSPS) is 31.0. The third-order valence-corrected chi connectivity index (χ3v) is 4.63. The van der Waals surface area contributed by atoms with Gasteiger partial charge < -0.3 is 14.8 Å². The van der Waals surface area contributed by atoms with Crippen LogP contribution in [0, 0.1) is 5.41 Å². The minimum Gasteiger partial charge on any atom is -0.383 e. The number of nitrogens with one attached hydrogen (secondary N) is 1. The van der Waals surface area contributed by atoms with E-state index in [2.05, 4.69) is 12.2 Å². The van der Waals surface area contributed by atoms with Gasteiger partial charge in [0.05, 0.1) is 18.8 Å². The van der Waals surface area contributed by atoms with Gasteiger partial charge in [0.2, 0.25) is 0 Å². The molecule has 0 amide bonds. The van der Waals surface area contributed by atoms with E-state index in [0.717, 1.165) is 19.7 Å². The molecule has 0 radical (unpaired) electrons. The highest BCUT2D eigenvalue weighted by Crippen LogP contribution is 2.43. The summed E-state index contributed by atoms with van der Waals surface area (Å²) in [5.41, 5.74) is 0.502. The zero-order valence-corrected chi connectivity index (χ0v) is 12.0. The number of hydrogen-bond donors (Lipinski definition) is 1. The lowest BCUT2D eigenvalue weighted by Crippen LogP contribution is -2.36. The molecule has 106 valence electrons. The monoisotopic (exact) mass is 255 g/mol. The number of methoxy groups -OCH3 is 1. The van der Waals surface area contributed by atoms with E-state index in [1.165, 1.54) is 44.9 Å². The lowest BCUT2D eigenvalue weighted by molar-refractivity contribution is 0.0220. The summed E-state index contributed by atoms with van der Waals surface area (Å²) in [6, 6.07) is 0. The first kappa shape index (κ1) is 14.3. The van der Waals surface area contributed by atoms with E-state index in [9.17, 15) is 0 Å². The van der Waals surface area contributed by atoms with E-state index in [-0.39, 0.29) is 0 Å². The summed E-state index contributed by atoms with van der Waals surface area (Å²) < 4.78 is 11.1. The molecule has 0 aromatic heterocycles. The summed E-state index contributed by atoms with van der Waals surface area (Å²) >= 11 is 0. The molecule has 2 unspecified atom stereocenters. The second-order valence-electron chi connectivity index (χ2n) is 6.23. The first-order valence-corrected chi connectivity index (χ1v) is 7.59. The Balaban J connectivity index is 1.78. The number of rotatable bonds is 7. The van der Waals surface area contributed by atoms with Crippen molar-refractivity contribution in [1.29, 1.82) is 0 Å². The van der Waals surface area contributed by atoms with Crippen molar-refractivity contribution in [2.45, 2.75) is 64.1 Å². The highest BCUT2D eigenvalue weighted by molar-refractivity contribution is 4.90. The zero-order valence-electron chi connectivity index (χ0n) is 12.0. The van der Waals surface area contributed by atoms with E-state index in [4.69, 9.17) is 9.47 Å². The van der Waals surface area contributed by atoms with Gasteiger partial charge in [-0.3, -0.25) is 0 Å². The Kier molecular flexibility index (Phi) is 5.46. The van der Waals surface area contributed by atoms with Crippen molar-refractivity contribution in [3.8, 4) is 0 Å². The summed E-state index contributed by atoms with van der Waals surface area (Å²) in [6.45, 7) is 5.13. The molecule has 0 spiro atoms. The summed E-state index contributed by atoms with van der Waals surface area (Å²) in [5, 5.41) is 3.57. The molecular weight excluding hydrogens is 226 g/mol. The lowest BCUT2D eigenvalue weighted by Gasteiger charge is -2.32. The molecule has 1 N–H and O–H groups in total. The Labute approximate surface area is 112 Å².